The molecule has 1 aromatic carbocycles. The first-order chi connectivity index (χ1) is 16.4. The molecule has 0 saturated carbocycles. The quantitative estimate of drug-likeness (QED) is 0.493. The largest absolute Gasteiger partial charge is 0.481 e. The summed E-state index contributed by atoms with van der Waals surface area (Å²) in [6, 6.07) is 10.4. The van der Waals surface area contributed by atoms with Crippen LogP contribution >= 0.6 is 0 Å². The Bertz CT molecular complexity index is 1260. The molecule has 3 heterocycles. The van der Waals surface area contributed by atoms with Crippen LogP contribution in [0.4, 0.5) is 13.2 Å². The molecule has 0 radical (unpaired) electrons. The van der Waals surface area contributed by atoms with E-state index in [9.17, 15) is 22.8 Å². The van der Waals surface area contributed by atoms with Gasteiger partial charge in [0.05, 0.1) is 13.0 Å². The van der Waals surface area contributed by atoms with Gasteiger partial charge >= 0.3 is 12.1 Å². The van der Waals surface area contributed by atoms with E-state index >= 15 is 0 Å². The molecule has 0 fully saturated rings. The molecule has 4 rings (SSSR count). The normalized spacial score (nSPS) is 14.3. The highest BCUT2D eigenvalue weighted by atomic mass is 19.4. The van der Waals surface area contributed by atoms with Crippen molar-refractivity contribution in [2.45, 2.75) is 58.8 Å². The van der Waals surface area contributed by atoms with Gasteiger partial charge < -0.3 is 14.6 Å². The minimum absolute atomic E-state index is 0.00941. The lowest BCUT2D eigenvalue weighted by molar-refractivity contribution is -0.141. The predicted octanol–water partition coefficient (Wildman–Crippen LogP) is 5.27. The van der Waals surface area contributed by atoms with Crippen molar-refractivity contribution in [2.24, 2.45) is 5.41 Å². The van der Waals surface area contributed by atoms with Gasteiger partial charge in [0.1, 0.15) is 5.69 Å². The summed E-state index contributed by atoms with van der Waals surface area (Å²) in [5, 5.41) is 10.1. The molecule has 9 heteroatoms. The molecule has 0 unspecified atom stereocenters. The number of alkyl halides is 3. The third kappa shape index (κ3) is 5.49. The zero-order valence-corrected chi connectivity index (χ0v) is 19.7. The first-order valence-corrected chi connectivity index (χ1v) is 11.6. The number of carbonyl (C=O) groups is 2. The number of carbonyl (C=O) groups excluding carboxylic acids is 1. The zero-order valence-electron chi connectivity index (χ0n) is 19.7. The van der Waals surface area contributed by atoms with Gasteiger partial charge in [-0.05, 0) is 47.6 Å². The van der Waals surface area contributed by atoms with E-state index in [4.69, 9.17) is 5.11 Å². The summed E-state index contributed by atoms with van der Waals surface area (Å²) in [6.07, 6.45) is -2.00. The SMILES string of the molecule is CC(C)(CCC(=O)N1CCc2c(n(Cc3ccnc(C(F)(F)F)c3)c3ccccc23)C1)CC(=O)O. The van der Waals surface area contributed by atoms with E-state index in [0.29, 0.717) is 31.5 Å². The van der Waals surface area contributed by atoms with E-state index in [-0.39, 0.29) is 25.3 Å². The Morgan fingerprint density at radius 2 is 1.89 bits per heavy atom. The zero-order chi connectivity index (χ0) is 25.4. The van der Waals surface area contributed by atoms with E-state index in [0.717, 1.165) is 28.2 Å². The number of carboxylic acid groups (broad SMARTS) is 1. The molecule has 0 spiro atoms. The van der Waals surface area contributed by atoms with Crippen LogP contribution in [0.25, 0.3) is 10.9 Å². The highest BCUT2D eigenvalue weighted by Gasteiger charge is 2.33. The number of pyridine rings is 1. The molecule has 0 aliphatic carbocycles. The lowest BCUT2D eigenvalue weighted by Crippen LogP contribution is -2.37. The van der Waals surface area contributed by atoms with Crippen LogP contribution in [-0.4, -0.2) is 38.0 Å². The summed E-state index contributed by atoms with van der Waals surface area (Å²) in [4.78, 5) is 29.3. The minimum Gasteiger partial charge on any atom is -0.481 e. The van der Waals surface area contributed by atoms with Crippen LogP contribution in [0.3, 0.4) is 0 Å². The number of aromatic nitrogens is 2. The highest BCUT2D eigenvalue weighted by Crippen LogP contribution is 2.34. The van der Waals surface area contributed by atoms with Crippen LogP contribution in [0, 0.1) is 5.41 Å². The number of fused-ring (bicyclic) bond motifs is 3. The molecular formula is C26H28F3N3O3. The maximum Gasteiger partial charge on any atom is 0.433 e. The second-order valence-corrected chi connectivity index (χ2v) is 9.88. The summed E-state index contributed by atoms with van der Waals surface area (Å²) in [7, 11) is 0. The Morgan fingerprint density at radius 3 is 2.60 bits per heavy atom. The molecule has 0 saturated heterocycles. The van der Waals surface area contributed by atoms with Crippen molar-refractivity contribution in [2.75, 3.05) is 6.54 Å². The summed E-state index contributed by atoms with van der Waals surface area (Å²) in [5.41, 5.74) is 2.01. The number of amides is 1. The highest BCUT2D eigenvalue weighted by molar-refractivity contribution is 5.86. The fraction of sp³-hybridized carbons (Fsp3) is 0.423. The lowest BCUT2D eigenvalue weighted by atomic mass is 9.84. The van der Waals surface area contributed by atoms with Crippen LogP contribution in [0.1, 0.15) is 55.6 Å². The summed E-state index contributed by atoms with van der Waals surface area (Å²) >= 11 is 0. The van der Waals surface area contributed by atoms with Crippen LogP contribution < -0.4 is 0 Å². The summed E-state index contributed by atoms with van der Waals surface area (Å²) < 4.78 is 41.6. The smallest absolute Gasteiger partial charge is 0.433 e. The van der Waals surface area contributed by atoms with Crippen LogP contribution in [-0.2, 0) is 35.3 Å². The van der Waals surface area contributed by atoms with Gasteiger partial charge in [-0.2, -0.15) is 13.2 Å². The first-order valence-electron chi connectivity index (χ1n) is 11.6. The van der Waals surface area contributed by atoms with Crippen molar-refractivity contribution in [3.63, 3.8) is 0 Å². The van der Waals surface area contributed by atoms with Crippen LogP contribution in [0.2, 0.25) is 0 Å². The van der Waals surface area contributed by atoms with E-state index in [1.54, 1.807) is 11.0 Å². The molecule has 2 aromatic heterocycles. The molecule has 1 aliphatic rings. The van der Waals surface area contributed by atoms with Gasteiger partial charge in [-0.3, -0.25) is 14.6 Å². The van der Waals surface area contributed by atoms with Crippen molar-refractivity contribution < 1.29 is 27.9 Å². The number of hydrogen-bond donors (Lipinski definition) is 1. The van der Waals surface area contributed by atoms with Crippen molar-refractivity contribution in [1.29, 1.82) is 0 Å². The van der Waals surface area contributed by atoms with Gasteiger partial charge in [-0.25, -0.2) is 0 Å². The van der Waals surface area contributed by atoms with Crippen molar-refractivity contribution >= 4 is 22.8 Å². The van der Waals surface area contributed by atoms with E-state index < -0.39 is 23.3 Å². The Hall–Kier alpha value is -3.36. The number of halogens is 3. The van der Waals surface area contributed by atoms with Crippen LogP contribution in [0.15, 0.2) is 42.6 Å². The van der Waals surface area contributed by atoms with Crippen molar-refractivity contribution in [3.8, 4) is 0 Å². The minimum atomic E-state index is -4.52. The number of para-hydroxylation sites is 1. The Morgan fingerprint density at radius 1 is 1.14 bits per heavy atom. The summed E-state index contributed by atoms with van der Waals surface area (Å²) in [5.74, 6) is -0.937. The fourth-order valence-corrected chi connectivity index (χ4v) is 4.80. The molecular weight excluding hydrogens is 459 g/mol. The number of aliphatic carboxylic acids is 1. The lowest BCUT2D eigenvalue weighted by Gasteiger charge is -2.30. The molecule has 0 atom stereocenters. The Balaban J connectivity index is 1.60. The van der Waals surface area contributed by atoms with Gasteiger partial charge in [0, 0.05) is 42.3 Å². The van der Waals surface area contributed by atoms with Crippen LogP contribution in [0.5, 0.6) is 0 Å². The number of hydrogen-bond acceptors (Lipinski definition) is 3. The van der Waals surface area contributed by atoms with Gasteiger partial charge in [0.15, 0.2) is 0 Å². The molecule has 0 bridgehead atoms. The number of nitrogens with zero attached hydrogens (tertiary/aromatic N) is 3. The van der Waals surface area contributed by atoms with E-state index in [2.05, 4.69) is 4.98 Å². The molecule has 1 aliphatic heterocycles. The number of rotatable bonds is 7. The number of benzene rings is 1. The van der Waals surface area contributed by atoms with Gasteiger partial charge in [-0.15, -0.1) is 0 Å². The predicted molar refractivity (Wildman–Crippen MR) is 125 cm³/mol. The third-order valence-electron chi connectivity index (χ3n) is 6.62. The second-order valence-electron chi connectivity index (χ2n) is 9.88. The van der Waals surface area contributed by atoms with Gasteiger partial charge in [0.2, 0.25) is 5.91 Å². The number of carboxylic acids is 1. The average molecular weight is 488 g/mol. The molecule has 1 amide bonds. The maximum atomic E-state index is 13.2. The molecule has 3 aromatic rings. The summed E-state index contributed by atoms with van der Waals surface area (Å²) in [6.45, 7) is 4.82. The average Bonchev–Trinajstić information content (AvgIpc) is 3.09. The first kappa shape index (κ1) is 24.8. The third-order valence-corrected chi connectivity index (χ3v) is 6.62. The van der Waals surface area contributed by atoms with E-state index in [1.807, 2.05) is 42.7 Å². The molecule has 186 valence electrons. The van der Waals surface area contributed by atoms with Crippen molar-refractivity contribution in [1.82, 2.24) is 14.5 Å². The standard InChI is InChI=1S/C26H28F3N3O3/c1-25(2,14-24(34)35)10-7-23(33)31-12-9-19-18-5-3-4-6-20(18)32(21(19)16-31)15-17-8-11-30-22(13-17)26(27,28)29/h3-6,8,11,13H,7,9-10,12,14-16H2,1-2H3,(H,34,35). The van der Waals surface area contributed by atoms with Crippen molar-refractivity contribution in [3.05, 3.63) is 65.1 Å². The Kier molecular flexibility index (Phi) is 6.62. The fourth-order valence-electron chi connectivity index (χ4n) is 4.80. The monoisotopic (exact) mass is 487 g/mol. The van der Waals surface area contributed by atoms with E-state index in [1.165, 1.54) is 6.20 Å². The topological polar surface area (TPSA) is 75.4 Å². The molecule has 35 heavy (non-hydrogen) atoms. The maximum absolute atomic E-state index is 13.2. The van der Waals surface area contributed by atoms with Gasteiger partial charge in [0.25, 0.3) is 0 Å². The second kappa shape index (κ2) is 9.36. The van der Waals surface area contributed by atoms with Gasteiger partial charge in [-0.1, -0.05) is 32.0 Å². The molecule has 1 N–H and O–H groups in total. The Labute approximate surface area is 201 Å². The molecule has 6 nitrogen and oxygen atoms in total.